The molecule has 1 aromatic rings. The van der Waals surface area contributed by atoms with Crippen LogP contribution in [0.15, 0.2) is 29.2 Å². The van der Waals surface area contributed by atoms with E-state index in [0.29, 0.717) is 12.6 Å². The summed E-state index contributed by atoms with van der Waals surface area (Å²) in [5.41, 5.74) is 0.813. The number of ketones is 1. The summed E-state index contributed by atoms with van der Waals surface area (Å²) in [6, 6.07) is 8.42. The smallest absolute Gasteiger partial charge is 0.176 e. The van der Waals surface area contributed by atoms with Gasteiger partial charge in [-0.25, -0.2) is 0 Å². The molecule has 2 rings (SSSR count). The largest absolute Gasteiger partial charge is 0.307 e. The molecular formula is C14H19NOS. The number of benzene rings is 1. The lowest BCUT2D eigenvalue weighted by Crippen LogP contribution is -2.31. The first-order chi connectivity index (χ1) is 8.29. The van der Waals surface area contributed by atoms with Gasteiger partial charge in [0.25, 0.3) is 0 Å². The zero-order valence-corrected chi connectivity index (χ0v) is 11.1. The van der Waals surface area contributed by atoms with E-state index in [9.17, 15) is 4.79 Å². The van der Waals surface area contributed by atoms with Gasteiger partial charge in [0.05, 0.1) is 6.54 Å². The Morgan fingerprint density at radius 2 is 1.94 bits per heavy atom. The van der Waals surface area contributed by atoms with Gasteiger partial charge in [-0.3, -0.25) is 4.79 Å². The van der Waals surface area contributed by atoms with Crippen LogP contribution in [0.4, 0.5) is 0 Å². The molecule has 1 fully saturated rings. The first kappa shape index (κ1) is 12.7. The zero-order valence-electron chi connectivity index (χ0n) is 10.2. The Bertz CT molecular complexity index is 368. The molecule has 0 aromatic heterocycles. The van der Waals surface area contributed by atoms with Crippen molar-refractivity contribution < 1.29 is 4.79 Å². The van der Waals surface area contributed by atoms with Crippen molar-refractivity contribution in [2.24, 2.45) is 0 Å². The van der Waals surface area contributed by atoms with Crippen LogP contribution in [-0.2, 0) is 0 Å². The molecule has 1 aliphatic rings. The maximum atomic E-state index is 11.9. The molecule has 0 atom stereocenters. The van der Waals surface area contributed by atoms with Gasteiger partial charge in [0.1, 0.15) is 0 Å². The van der Waals surface area contributed by atoms with E-state index in [4.69, 9.17) is 0 Å². The molecule has 92 valence electrons. The van der Waals surface area contributed by atoms with E-state index in [0.717, 1.165) is 5.56 Å². The molecule has 0 spiro atoms. The number of hydrogen-bond acceptors (Lipinski definition) is 3. The molecule has 0 radical (unpaired) electrons. The van der Waals surface area contributed by atoms with Crippen molar-refractivity contribution in [1.29, 1.82) is 0 Å². The highest BCUT2D eigenvalue weighted by Gasteiger charge is 2.15. The van der Waals surface area contributed by atoms with E-state index in [-0.39, 0.29) is 5.78 Å². The number of thioether (sulfide) groups is 1. The van der Waals surface area contributed by atoms with Gasteiger partial charge >= 0.3 is 0 Å². The predicted molar refractivity (Wildman–Crippen MR) is 72.8 cm³/mol. The van der Waals surface area contributed by atoms with Crippen LogP contribution in [0.2, 0.25) is 0 Å². The minimum Gasteiger partial charge on any atom is -0.307 e. The van der Waals surface area contributed by atoms with Gasteiger partial charge in [-0.2, -0.15) is 0 Å². The SMILES string of the molecule is CSc1ccc(C(=O)CNC2CCCC2)cc1. The van der Waals surface area contributed by atoms with Crippen molar-refractivity contribution in [1.82, 2.24) is 5.32 Å². The molecule has 17 heavy (non-hydrogen) atoms. The maximum Gasteiger partial charge on any atom is 0.176 e. The van der Waals surface area contributed by atoms with Crippen molar-refractivity contribution in [2.45, 2.75) is 36.6 Å². The average molecular weight is 249 g/mol. The summed E-state index contributed by atoms with van der Waals surface area (Å²) in [5, 5.41) is 3.35. The van der Waals surface area contributed by atoms with Gasteiger partial charge in [0.15, 0.2) is 5.78 Å². The van der Waals surface area contributed by atoms with Crippen molar-refractivity contribution in [3.8, 4) is 0 Å². The fourth-order valence-electron chi connectivity index (χ4n) is 2.25. The number of Topliss-reactive ketones (excluding diaryl/α,β-unsaturated/α-hetero) is 1. The van der Waals surface area contributed by atoms with Crippen molar-refractivity contribution >= 4 is 17.5 Å². The molecule has 1 aliphatic carbocycles. The number of carbonyl (C=O) groups excluding carboxylic acids is 1. The number of rotatable bonds is 5. The Hall–Kier alpha value is -0.800. The van der Waals surface area contributed by atoms with Gasteiger partial charge in [-0.15, -0.1) is 11.8 Å². The normalized spacial score (nSPS) is 16.3. The van der Waals surface area contributed by atoms with E-state index in [1.807, 2.05) is 30.5 Å². The van der Waals surface area contributed by atoms with Crippen molar-refractivity contribution in [3.63, 3.8) is 0 Å². The van der Waals surface area contributed by atoms with Gasteiger partial charge in [-0.05, 0) is 31.2 Å². The Kier molecular flexibility index (Phi) is 4.63. The molecule has 1 aromatic carbocycles. The lowest BCUT2D eigenvalue weighted by Gasteiger charge is -2.10. The fraction of sp³-hybridized carbons (Fsp3) is 0.500. The first-order valence-electron chi connectivity index (χ1n) is 6.20. The van der Waals surface area contributed by atoms with Crippen molar-refractivity contribution in [2.75, 3.05) is 12.8 Å². The third kappa shape index (κ3) is 3.58. The predicted octanol–water partition coefficient (Wildman–Crippen LogP) is 3.12. The van der Waals surface area contributed by atoms with Crippen LogP contribution >= 0.6 is 11.8 Å². The van der Waals surface area contributed by atoms with Crippen LogP contribution < -0.4 is 5.32 Å². The molecule has 0 heterocycles. The third-order valence-electron chi connectivity index (χ3n) is 3.32. The molecule has 0 unspecified atom stereocenters. The van der Waals surface area contributed by atoms with E-state index in [2.05, 4.69) is 5.32 Å². The second-order valence-electron chi connectivity index (χ2n) is 4.51. The summed E-state index contributed by atoms with van der Waals surface area (Å²) in [6.07, 6.45) is 7.08. The second-order valence-corrected chi connectivity index (χ2v) is 5.39. The Labute approximate surface area is 107 Å². The van der Waals surface area contributed by atoms with Gasteiger partial charge in [0, 0.05) is 16.5 Å². The van der Waals surface area contributed by atoms with Crippen LogP contribution in [0.5, 0.6) is 0 Å². The van der Waals surface area contributed by atoms with E-state index in [1.165, 1.54) is 30.6 Å². The topological polar surface area (TPSA) is 29.1 Å². The highest BCUT2D eigenvalue weighted by Crippen LogP contribution is 2.18. The third-order valence-corrected chi connectivity index (χ3v) is 4.06. The van der Waals surface area contributed by atoms with E-state index >= 15 is 0 Å². The van der Waals surface area contributed by atoms with Crippen LogP contribution in [0, 0.1) is 0 Å². The van der Waals surface area contributed by atoms with Gasteiger partial charge in [-0.1, -0.05) is 25.0 Å². The molecule has 0 saturated heterocycles. The molecule has 0 aliphatic heterocycles. The minimum atomic E-state index is 0.199. The number of carbonyl (C=O) groups is 1. The van der Waals surface area contributed by atoms with Crippen LogP contribution in [-0.4, -0.2) is 24.6 Å². The quantitative estimate of drug-likeness (QED) is 0.642. The standard InChI is InChI=1S/C14H19NOS/c1-17-13-8-6-11(7-9-13)14(16)10-15-12-4-2-3-5-12/h6-9,12,15H,2-5,10H2,1H3. The van der Waals surface area contributed by atoms with Gasteiger partial charge < -0.3 is 5.32 Å². The molecule has 2 nitrogen and oxygen atoms in total. The summed E-state index contributed by atoms with van der Waals surface area (Å²) in [7, 11) is 0. The highest BCUT2D eigenvalue weighted by atomic mass is 32.2. The Morgan fingerprint density at radius 3 is 2.53 bits per heavy atom. The second kappa shape index (κ2) is 6.22. The van der Waals surface area contributed by atoms with E-state index < -0.39 is 0 Å². The molecule has 0 amide bonds. The molecule has 0 bridgehead atoms. The first-order valence-corrected chi connectivity index (χ1v) is 7.42. The summed E-state index contributed by atoms with van der Waals surface area (Å²) in [4.78, 5) is 13.1. The summed E-state index contributed by atoms with van der Waals surface area (Å²) in [5.74, 6) is 0.199. The summed E-state index contributed by atoms with van der Waals surface area (Å²) < 4.78 is 0. The zero-order chi connectivity index (χ0) is 12.1. The molecule has 1 saturated carbocycles. The maximum absolute atomic E-state index is 11.9. The Balaban J connectivity index is 1.85. The minimum absolute atomic E-state index is 0.199. The molecular weight excluding hydrogens is 230 g/mol. The van der Waals surface area contributed by atoms with Crippen LogP contribution in [0.3, 0.4) is 0 Å². The average Bonchev–Trinajstić information content (AvgIpc) is 2.89. The van der Waals surface area contributed by atoms with Crippen molar-refractivity contribution in [3.05, 3.63) is 29.8 Å². The monoisotopic (exact) mass is 249 g/mol. The highest BCUT2D eigenvalue weighted by molar-refractivity contribution is 7.98. The Morgan fingerprint density at radius 1 is 1.29 bits per heavy atom. The summed E-state index contributed by atoms with van der Waals surface area (Å²) in [6.45, 7) is 0.475. The summed E-state index contributed by atoms with van der Waals surface area (Å²) >= 11 is 1.70. The van der Waals surface area contributed by atoms with Crippen LogP contribution in [0.1, 0.15) is 36.0 Å². The fourth-order valence-corrected chi connectivity index (χ4v) is 2.65. The lowest BCUT2D eigenvalue weighted by molar-refractivity contribution is 0.0987. The number of hydrogen-bond donors (Lipinski definition) is 1. The molecule has 1 N–H and O–H groups in total. The van der Waals surface area contributed by atoms with Gasteiger partial charge in [0.2, 0.25) is 0 Å². The lowest BCUT2D eigenvalue weighted by atomic mass is 10.1. The molecule has 3 heteroatoms. The van der Waals surface area contributed by atoms with Crippen LogP contribution in [0.25, 0.3) is 0 Å². The number of nitrogens with one attached hydrogen (secondary N) is 1. The van der Waals surface area contributed by atoms with E-state index in [1.54, 1.807) is 11.8 Å².